The number of aromatic hydroxyl groups is 1. The van der Waals surface area contributed by atoms with E-state index < -0.39 is 83.3 Å². The van der Waals surface area contributed by atoms with Crippen LogP contribution in [-0.2, 0) is 64.8 Å². The molecule has 7 atom stereocenters. The minimum absolute atomic E-state index is 0.0310. The Morgan fingerprint density at radius 2 is 1.61 bits per heavy atom. The smallest absolute Gasteiger partial charge is 0.307 e. The van der Waals surface area contributed by atoms with E-state index in [9.17, 15) is 33.9 Å². The lowest BCUT2D eigenvalue weighted by Crippen LogP contribution is -2.59. The quantitative estimate of drug-likeness (QED) is 0.00472. The first kappa shape index (κ1) is 75.9. The minimum Gasteiger partial charge on any atom is -0.508 e. The van der Waals surface area contributed by atoms with Crippen molar-refractivity contribution in [1.82, 2.24) is 40.7 Å². The summed E-state index contributed by atoms with van der Waals surface area (Å²) in [5, 5.41) is 26.1. The summed E-state index contributed by atoms with van der Waals surface area (Å²) in [6, 6.07) is 4.92. The molecule has 4 amide bonds. The number of likely N-dealkylation sites (tertiary alicyclic amines) is 1. The van der Waals surface area contributed by atoms with E-state index in [4.69, 9.17) is 38.3 Å². The highest BCUT2D eigenvalue weighted by molar-refractivity contribution is 8.00. The molecule has 1 fully saturated rings. The number of phenolic OH excluding ortho intramolecular Hbond substituents is 1. The molecule has 28 heteroatoms. The normalized spacial score (nSPS) is 15.8. The number of ether oxygens (including phenoxy) is 5. The van der Waals surface area contributed by atoms with E-state index in [0.29, 0.717) is 88.6 Å². The van der Waals surface area contributed by atoms with Gasteiger partial charge < -0.3 is 53.8 Å². The molecule has 0 radical (unpaired) electrons. The maximum absolute atomic E-state index is 15.0. The first-order chi connectivity index (χ1) is 42.3. The Kier molecular flexibility index (Phi) is 33.8. The minimum atomic E-state index is -2.15. The summed E-state index contributed by atoms with van der Waals surface area (Å²) in [6.45, 7) is 24.9. The van der Waals surface area contributed by atoms with Gasteiger partial charge in [0.25, 0.3) is 5.91 Å². The fourth-order valence-electron chi connectivity index (χ4n) is 10.3. The molecule has 496 valence electrons. The fraction of sp³-hybridized carbons (Fsp3) is 0.689. The number of nitrogens with zero attached hydrogens (tertiary/aromatic N) is 8. The van der Waals surface area contributed by atoms with E-state index >= 15 is 0 Å². The number of aromatic nitrogens is 3. The summed E-state index contributed by atoms with van der Waals surface area (Å²) in [7, 11) is -2.39. The molecular formula is C61H99N11O13S2Si2. The van der Waals surface area contributed by atoms with Gasteiger partial charge in [0, 0.05) is 84.5 Å². The number of carbonyl (C=O) groups excluding carboxylic acids is 6. The third-order valence-electron chi connectivity index (χ3n) is 15.2. The zero-order chi connectivity index (χ0) is 65.5. The van der Waals surface area contributed by atoms with Crippen molar-refractivity contribution >= 4 is 75.3 Å². The number of hydrogen-bond acceptors (Lipinski definition) is 20. The summed E-state index contributed by atoms with van der Waals surface area (Å²) >= 11 is 2.70. The SMILES string of the molecule is CCCC(=O)OCN(C(=O)[C@H](NC(=O)[C@@H]1CCCCN1C)[C@@H](C)CC)[C@@H](C[C@H](OC(C)=O)c1nc(C(=O)N[C@H](Cc2ccc(O)cc2)C[C@@H](C)C(=O)NCCC[Si](C)(C)O[Si](C)(C)CSc2ncc(COCCOCCOCCN=[N+]=[N-])cn2)cs1)C(C)C. The van der Waals surface area contributed by atoms with Gasteiger partial charge in [-0.15, -0.1) is 11.3 Å². The molecule has 4 rings (SSSR count). The van der Waals surface area contributed by atoms with Crippen LogP contribution in [0.5, 0.6) is 5.75 Å². The van der Waals surface area contributed by atoms with E-state index in [2.05, 4.69) is 62.1 Å². The summed E-state index contributed by atoms with van der Waals surface area (Å²) < 4.78 is 35.1. The molecule has 2 aromatic heterocycles. The van der Waals surface area contributed by atoms with E-state index in [1.165, 1.54) is 11.8 Å². The number of thioether (sulfide) groups is 1. The van der Waals surface area contributed by atoms with Gasteiger partial charge in [0.1, 0.15) is 22.5 Å². The Morgan fingerprint density at radius 3 is 2.25 bits per heavy atom. The van der Waals surface area contributed by atoms with Crippen molar-refractivity contribution in [2.75, 3.05) is 71.8 Å². The van der Waals surface area contributed by atoms with Crippen molar-refractivity contribution < 1.29 is 61.7 Å². The van der Waals surface area contributed by atoms with E-state index in [1.807, 2.05) is 53.5 Å². The van der Waals surface area contributed by atoms with Gasteiger partial charge in [0.2, 0.25) is 17.7 Å². The number of carbonyl (C=O) groups is 6. The Labute approximate surface area is 536 Å². The van der Waals surface area contributed by atoms with Gasteiger partial charge in [-0.3, -0.25) is 33.7 Å². The van der Waals surface area contributed by atoms with Crippen LogP contribution in [0.1, 0.15) is 139 Å². The number of piperidine rings is 1. The van der Waals surface area contributed by atoms with Gasteiger partial charge in [-0.2, -0.15) is 0 Å². The topological polar surface area (TPSA) is 308 Å². The van der Waals surface area contributed by atoms with Crippen LogP contribution in [0.4, 0.5) is 0 Å². The second kappa shape index (κ2) is 39.6. The van der Waals surface area contributed by atoms with Crippen molar-refractivity contribution in [3.8, 4) is 5.75 Å². The van der Waals surface area contributed by atoms with Gasteiger partial charge in [-0.25, -0.2) is 15.0 Å². The molecular weight excluding hydrogens is 1220 g/mol. The van der Waals surface area contributed by atoms with Crippen LogP contribution < -0.4 is 16.0 Å². The van der Waals surface area contributed by atoms with Crippen LogP contribution >= 0.6 is 23.1 Å². The summed E-state index contributed by atoms with van der Waals surface area (Å²) in [5.41, 5.74) is 10.0. The highest BCUT2D eigenvalue weighted by atomic mass is 32.2. The summed E-state index contributed by atoms with van der Waals surface area (Å²) in [6.07, 6.45) is 7.68. The molecule has 3 heterocycles. The molecule has 4 N–H and O–H groups in total. The molecule has 0 aliphatic carbocycles. The van der Waals surface area contributed by atoms with Gasteiger partial charge in [-0.1, -0.05) is 83.4 Å². The number of esters is 2. The second-order valence-corrected chi connectivity index (χ2v) is 35.4. The van der Waals surface area contributed by atoms with Crippen LogP contribution in [0.2, 0.25) is 32.2 Å². The molecule has 24 nitrogen and oxygen atoms in total. The highest BCUT2D eigenvalue weighted by Crippen LogP contribution is 2.33. The number of amides is 4. The predicted octanol–water partition coefficient (Wildman–Crippen LogP) is 9.29. The molecule has 1 aliphatic rings. The number of thiazole rings is 1. The Hall–Kier alpha value is -5.56. The van der Waals surface area contributed by atoms with Gasteiger partial charge in [0.15, 0.2) is 34.6 Å². The van der Waals surface area contributed by atoms with Crippen molar-refractivity contribution in [3.63, 3.8) is 0 Å². The Balaban J connectivity index is 1.37. The van der Waals surface area contributed by atoms with Gasteiger partial charge in [-0.05, 0) is 119 Å². The monoisotopic (exact) mass is 1310 g/mol. The van der Waals surface area contributed by atoms with Crippen LogP contribution in [0.25, 0.3) is 10.4 Å². The molecule has 0 unspecified atom stereocenters. The average molecular weight is 1310 g/mol. The van der Waals surface area contributed by atoms with Gasteiger partial charge >= 0.3 is 11.9 Å². The zero-order valence-electron chi connectivity index (χ0n) is 54.5. The standard InChI is InChI=1S/C61H99N11O13S2Si2/c1-13-18-54(75)83-40-72(60(79)55(43(5)14-2)69-58(78)51-19-15-16-26-71(51)8)52(42(3)4)35-53(84-45(7)73)59-68-50(39-86-59)57(77)67-48(34-46-20-22-49(74)23-21-46)33-44(6)56(76)63-24-17-32-88(9,10)85-89(11,12)41-87-61-64-36-47(37-65-61)38-82-31-30-81-29-28-80-27-25-66-70-62/h20-23,36-37,39,42-44,48,51-53,55,74H,13-19,24-35,38,40-41H2,1-12H3,(H,63,76)(H,67,77)(H,69,78)/t43-,44+,48-,51-,52-,53-,55+/m0/s1. The van der Waals surface area contributed by atoms with E-state index in [0.717, 1.165) is 59.7 Å². The van der Waals surface area contributed by atoms with Crippen molar-refractivity contribution in [2.24, 2.45) is 22.9 Å². The number of nitrogens with one attached hydrogen (secondary N) is 3. The molecule has 89 heavy (non-hydrogen) atoms. The molecule has 1 aliphatic heterocycles. The van der Waals surface area contributed by atoms with E-state index in [-0.39, 0.29) is 54.4 Å². The molecule has 0 saturated carbocycles. The van der Waals surface area contributed by atoms with Crippen molar-refractivity contribution in [3.05, 3.63) is 74.3 Å². The maximum atomic E-state index is 15.0. The number of likely N-dealkylation sites (N-methyl/N-ethyl adjacent to an activating group) is 1. The number of rotatable bonds is 42. The molecule has 0 spiro atoms. The third kappa shape index (κ3) is 28.2. The number of phenols is 1. The van der Waals surface area contributed by atoms with Crippen molar-refractivity contribution in [1.29, 1.82) is 0 Å². The molecule has 3 aromatic rings. The second-order valence-electron chi connectivity index (χ2n) is 24.4. The Morgan fingerprint density at radius 1 is 0.921 bits per heavy atom. The lowest BCUT2D eigenvalue weighted by molar-refractivity contribution is -0.160. The molecule has 0 bridgehead atoms. The molecule has 1 aromatic carbocycles. The van der Waals surface area contributed by atoms with Crippen LogP contribution in [0.15, 0.2) is 52.3 Å². The summed E-state index contributed by atoms with van der Waals surface area (Å²) in [4.78, 5) is 103. The maximum Gasteiger partial charge on any atom is 0.307 e. The van der Waals surface area contributed by atoms with E-state index in [1.54, 1.807) is 53.8 Å². The predicted molar refractivity (Wildman–Crippen MR) is 348 cm³/mol. The number of benzene rings is 1. The number of hydrogen-bond donors (Lipinski definition) is 4. The molecule has 1 saturated heterocycles. The summed E-state index contributed by atoms with van der Waals surface area (Å²) in [5.74, 6) is -3.41. The van der Waals surface area contributed by atoms with Crippen molar-refractivity contribution in [2.45, 2.75) is 187 Å². The van der Waals surface area contributed by atoms with Gasteiger partial charge in [0.05, 0.1) is 45.7 Å². The fourth-order valence-corrected chi connectivity index (χ4v) is 21.5. The first-order valence-corrected chi connectivity index (χ1v) is 39.3. The largest absolute Gasteiger partial charge is 0.508 e. The lowest BCUT2D eigenvalue weighted by atomic mass is 9.92. The highest BCUT2D eigenvalue weighted by Gasteiger charge is 2.40. The van der Waals surface area contributed by atoms with Crippen LogP contribution in [-0.4, -0.2) is 178 Å². The first-order valence-electron chi connectivity index (χ1n) is 31.2. The zero-order valence-corrected chi connectivity index (χ0v) is 58.1. The van der Waals surface area contributed by atoms with Crippen LogP contribution in [0, 0.1) is 17.8 Å². The number of azide groups is 1. The lowest BCUT2D eigenvalue weighted by Gasteiger charge is -2.39. The average Bonchev–Trinajstić information content (AvgIpc) is 3.45. The Bertz CT molecular complexity index is 2710. The third-order valence-corrected chi connectivity index (χ3v) is 25.9. The van der Waals surface area contributed by atoms with Crippen LogP contribution in [0.3, 0.4) is 0 Å².